The molecule has 0 aliphatic carbocycles. The molecule has 1 heterocycles. The van der Waals surface area contributed by atoms with Crippen LogP contribution in [-0.4, -0.2) is 27.0 Å². The number of nitrogens with one attached hydrogen (secondary N) is 1. The summed E-state index contributed by atoms with van der Waals surface area (Å²) >= 11 is 1.72. The molecule has 0 aromatic carbocycles. The van der Waals surface area contributed by atoms with Gasteiger partial charge in [-0.2, -0.15) is 16.9 Å². The van der Waals surface area contributed by atoms with Crippen molar-refractivity contribution in [3.05, 3.63) is 17.5 Å². The molecule has 1 aromatic rings. The Kier molecular flexibility index (Phi) is 3.16. The summed E-state index contributed by atoms with van der Waals surface area (Å²) in [4.78, 5) is 10.4. The number of aromatic carboxylic acids is 1. The molecule has 1 rings (SSSR count). The van der Waals surface area contributed by atoms with Crippen molar-refractivity contribution in [3.8, 4) is 0 Å². The first-order valence-corrected chi connectivity index (χ1v) is 4.75. The monoisotopic (exact) mass is 186 g/mol. The Bertz CT molecular complexity index is 272. The molecule has 1 aromatic heterocycles. The number of thioether (sulfide) groups is 1. The molecular formula is C7H10N2O2S. The molecule has 0 saturated carbocycles. The summed E-state index contributed by atoms with van der Waals surface area (Å²) in [5.41, 5.74) is 0.945. The number of hydrogen-bond acceptors (Lipinski definition) is 3. The first kappa shape index (κ1) is 9.12. The lowest BCUT2D eigenvalue weighted by Crippen LogP contribution is -1.95. The smallest absolute Gasteiger partial charge is 0.356 e. The predicted octanol–water partition coefficient (Wildman–Crippen LogP) is 1.36. The van der Waals surface area contributed by atoms with Gasteiger partial charge in [-0.25, -0.2) is 4.79 Å². The minimum Gasteiger partial charge on any atom is -0.476 e. The Morgan fingerprint density at radius 2 is 2.58 bits per heavy atom. The van der Waals surface area contributed by atoms with Gasteiger partial charge in [0, 0.05) is 11.4 Å². The zero-order valence-electron chi connectivity index (χ0n) is 6.70. The first-order valence-electron chi connectivity index (χ1n) is 3.59. The fourth-order valence-electron chi connectivity index (χ4n) is 0.757. The molecule has 0 amide bonds. The maximum Gasteiger partial charge on any atom is 0.356 e. The van der Waals surface area contributed by atoms with Gasteiger partial charge in [0.1, 0.15) is 0 Å². The molecule has 66 valence electrons. The Labute approximate surface area is 74.4 Å². The number of carboxylic acid groups (broad SMARTS) is 1. The van der Waals surface area contributed by atoms with E-state index in [1.54, 1.807) is 17.8 Å². The lowest BCUT2D eigenvalue weighted by atomic mass is 10.4. The quantitative estimate of drug-likeness (QED) is 0.745. The van der Waals surface area contributed by atoms with E-state index in [4.69, 9.17) is 5.11 Å². The topological polar surface area (TPSA) is 66.0 Å². The van der Waals surface area contributed by atoms with Gasteiger partial charge in [-0.05, 0) is 11.8 Å². The second kappa shape index (κ2) is 4.15. The Balaban J connectivity index is 2.58. The molecule has 12 heavy (non-hydrogen) atoms. The molecule has 4 nitrogen and oxygen atoms in total. The molecule has 0 aliphatic heterocycles. The molecule has 0 atom stereocenters. The van der Waals surface area contributed by atoms with Gasteiger partial charge < -0.3 is 5.11 Å². The van der Waals surface area contributed by atoms with Gasteiger partial charge >= 0.3 is 5.97 Å². The van der Waals surface area contributed by atoms with Crippen LogP contribution in [0.3, 0.4) is 0 Å². The van der Waals surface area contributed by atoms with E-state index in [0.29, 0.717) is 0 Å². The third kappa shape index (κ3) is 2.27. The average Bonchev–Trinajstić information content (AvgIpc) is 2.48. The van der Waals surface area contributed by atoms with E-state index >= 15 is 0 Å². The van der Waals surface area contributed by atoms with Crippen molar-refractivity contribution in [1.29, 1.82) is 0 Å². The molecule has 0 radical (unpaired) electrons. The zero-order chi connectivity index (χ0) is 8.97. The van der Waals surface area contributed by atoms with E-state index in [-0.39, 0.29) is 5.69 Å². The number of carbonyl (C=O) groups is 1. The number of hydrogen-bond donors (Lipinski definition) is 2. The summed E-state index contributed by atoms with van der Waals surface area (Å²) in [5.74, 6) is 0.817. The highest BCUT2D eigenvalue weighted by atomic mass is 32.2. The van der Waals surface area contributed by atoms with Gasteiger partial charge in [-0.3, -0.25) is 5.10 Å². The lowest BCUT2D eigenvalue weighted by molar-refractivity contribution is 0.0690. The molecule has 5 heteroatoms. The molecule has 0 spiro atoms. The standard InChI is InChI=1S/C7H10N2O2S/c1-2-12-4-5-3-6(7(10)11)9-8-5/h3H,2,4H2,1H3,(H,8,9)(H,10,11). The highest BCUT2D eigenvalue weighted by Crippen LogP contribution is 2.09. The van der Waals surface area contributed by atoms with Gasteiger partial charge in [-0.1, -0.05) is 6.92 Å². The summed E-state index contributed by atoms with van der Waals surface area (Å²) in [7, 11) is 0. The zero-order valence-corrected chi connectivity index (χ0v) is 7.52. The minimum absolute atomic E-state index is 0.0849. The van der Waals surface area contributed by atoms with Gasteiger partial charge in [0.2, 0.25) is 0 Å². The Morgan fingerprint density at radius 3 is 3.08 bits per heavy atom. The molecule has 0 unspecified atom stereocenters. The molecule has 0 saturated heterocycles. The molecule has 0 fully saturated rings. The summed E-state index contributed by atoms with van der Waals surface area (Å²) in [6.45, 7) is 2.05. The lowest BCUT2D eigenvalue weighted by Gasteiger charge is -1.91. The number of H-pyrrole nitrogens is 1. The molecule has 2 N–H and O–H groups in total. The Morgan fingerprint density at radius 1 is 1.83 bits per heavy atom. The number of aromatic nitrogens is 2. The van der Waals surface area contributed by atoms with Gasteiger partial charge in [0.15, 0.2) is 5.69 Å². The predicted molar refractivity (Wildman–Crippen MR) is 47.4 cm³/mol. The maximum atomic E-state index is 10.4. The van der Waals surface area contributed by atoms with Crippen LogP contribution in [0.25, 0.3) is 0 Å². The van der Waals surface area contributed by atoms with Crippen LogP contribution in [0, 0.1) is 0 Å². The largest absolute Gasteiger partial charge is 0.476 e. The second-order valence-electron chi connectivity index (χ2n) is 2.22. The highest BCUT2D eigenvalue weighted by molar-refractivity contribution is 7.98. The summed E-state index contributed by atoms with van der Waals surface area (Å²) in [6, 6.07) is 1.56. The van der Waals surface area contributed by atoms with Crippen LogP contribution in [0.2, 0.25) is 0 Å². The van der Waals surface area contributed by atoms with Crippen LogP contribution in [0.5, 0.6) is 0 Å². The number of aromatic amines is 1. The molecular weight excluding hydrogens is 176 g/mol. The summed E-state index contributed by atoms with van der Waals surface area (Å²) in [5, 5.41) is 14.8. The van der Waals surface area contributed by atoms with E-state index < -0.39 is 5.97 Å². The normalized spacial score (nSPS) is 10.1. The van der Waals surface area contributed by atoms with Gasteiger partial charge in [0.05, 0.1) is 0 Å². The van der Waals surface area contributed by atoms with Crippen molar-refractivity contribution in [1.82, 2.24) is 10.2 Å². The van der Waals surface area contributed by atoms with Gasteiger partial charge in [0.25, 0.3) is 0 Å². The summed E-state index contributed by atoms with van der Waals surface area (Å²) in [6.07, 6.45) is 0. The number of rotatable bonds is 4. The van der Waals surface area contributed by atoms with E-state index in [9.17, 15) is 4.79 Å². The average molecular weight is 186 g/mol. The van der Waals surface area contributed by atoms with Crippen LogP contribution in [0.1, 0.15) is 23.1 Å². The Hall–Kier alpha value is -0.970. The SMILES string of the molecule is CCSCc1cc(C(=O)O)n[nH]1. The van der Waals surface area contributed by atoms with E-state index in [2.05, 4.69) is 17.1 Å². The minimum atomic E-state index is -0.987. The maximum absolute atomic E-state index is 10.4. The third-order valence-corrected chi connectivity index (χ3v) is 2.24. The van der Waals surface area contributed by atoms with E-state index in [1.807, 2.05) is 0 Å². The number of carboxylic acids is 1. The van der Waals surface area contributed by atoms with Crippen molar-refractivity contribution >= 4 is 17.7 Å². The van der Waals surface area contributed by atoms with E-state index in [0.717, 1.165) is 17.2 Å². The van der Waals surface area contributed by atoms with Crippen LogP contribution in [-0.2, 0) is 5.75 Å². The molecule has 0 aliphatic rings. The van der Waals surface area contributed by atoms with Crippen molar-refractivity contribution in [2.24, 2.45) is 0 Å². The van der Waals surface area contributed by atoms with Crippen molar-refractivity contribution < 1.29 is 9.90 Å². The first-order chi connectivity index (χ1) is 5.74. The van der Waals surface area contributed by atoms with Gasteiger partial charge in [-0.15, -0.1) is 0 Å². The fraction of sp³-hybridized carbons (Fsp3) is 0.429. The number of nitrogens with zero attached hydrogens (tertiary/aromatic N) is 1. The van der Waals surface area contributed by atoms with Crippen molar-refractivity contribution in [2.75, 3.05) is 5.75 Å². The van der Waals surface area contributed by atoms with Crippen LogP contribution >= 0.6 is 11.8 Å². The fourth-order valence-corrected chi connectivity index (χ4v) is 1.33. The van der Waals surface area contributed by atoms with Crippen molar-refractivity contribution in [2.45, 2.75) is 12.7 Å². The van der Waals surface area contributed by atoms with E-state index in [1.165, 1.54) is 0 Å². The van der Waals surface area contributed by atoms with Crippen LogP contribution in [0.15, 0.2) is 6.07 Å². The molecule has 0 bridgehead atoms. The van der Waals surface area contributed by atoms with Crippen LogP contribution < -0.4 is 0 Å². The highest BCUT2D eigenvalue weighted by Gasteiger charge is 2.06. The van der Waals surface area contributed by atoms with Crippen molar-refractivity contribution in [3.63, 3.8) is 0 Å². The summed E-state index contributed by atoms with van der Waals surface area (Å²) < 4.78 is 0. The third-order valence-electron chi connectivity index (χ3n) is 1.31. The van der Waals surface area contributed by atoms with Crippen LogP contribution in [0.4, 0.5) is 0 Å². The second-order valence-corrected chi connectivity index (χ2v) is 3.49.